The summed E-state index contributed by atoms with van der Waals surface area (Å²) in [5.74, 6) is 2.95. The fraction of sp³-hybridized carbons (Fsp3) is 0. The van der Waals surface area contributed by atoms with Crippen LogP contribution < -0.4 is 0 Å². The molecular weight excluding hydrogens is 1080 g/mol. The van der Waals surface area contributed by atoms with Crippen molar-refractivity contribution in [2.75, 3.05) is 0 Å². The predicted molar refractivity (Wildman–Crippen MR) is 344 cm³/mol. The molecule has 0 bridgehead atoms. The molecule has 0 saturated carbocycles. The molecule has 12 heteroatoms. The second kappa shape index (κ2) is 21.6. The number of aromatic nitrogens is 8. The van der Waals surface area contributed by atoms with E-state index in [0.717, 1.165) is 105 Å². The fourth-order valence-electron chi connectivity index (χ4n) is 11.7. The number of rotatable bonds is 10. The Kier molecular flexibility index (Phi) is 12.7. The van der Waals surface area contributed by atoms with Gasteiger partial charge in [0.15, 0.2) is 34.9 Å². The minimum Gasteiger partial charge on any atom is -0.309 e. The molecule has 0 N–H and O–H groups in total. The normalized spacial score (nSPS) is 11.1. The zero-order valence-corrected chi connectivity index (χ0v) is 46.6. The third-order valence-electron chi connectivity index (χ3n) is 15.9. The van der Waals surface area contributed by atoms with Gasteiger partial charge in [-0.05, 0) is 131 Å². The number of nitrogens with zero attached hydrogens (tertiary/aromatic N) is 12. The van der Waals surface area contributed by atoms with Gasteiger partial charge in [-0.15, -0.1) is 0 Å². The first-order valence-corrected chi connectivity index (χ1v) is 28.3. The molecule has 0 atom stereocenters. The molecule has 0 aliphatic heterocycles. The Bertz CT molecular complexity index is 5230. The van der Waals surface area contributed by atoms with E-state index in [2.05, 4.69) is 94.1 Å². The Hall–Kier alpha value is -13.0. The highest BCUT2D eigenvalue weighted by Crippen LogP contribution is 2.42. The summed E-state index contributed by atoms with van der Waals surface area (Å²) in [5.41, 5.74) is 15.3. The average molecular weight is 1120 g/mol. The molecule has 15 rings (SSSR count). The minimum atomic E-state index is 0.437. The van der Waals surface area contributed by atoms with Crippen LogP contribution in [-0.4, -0.2) is 39.0 Å². The summed E-state index contributed by atoms with van der Waals surface area (Å²) in [6.45, 7) is 0. The lowest BCUT2D eigenvalue weighted by Crippen LogP contribution is -2.04. The largest absolute Gasteiger partial charge is 0.309 e. The Morgan fingerprint density at radius 2 is 0.557 bits per heavy atom. The van der Waals surface area contributed by atoms with Crippen LogP contribution in [-0.2, 0) is 0 Å². The highest BCUT2D eigenvalue weighted by Gasteiger charge is 2.23. The van der Waals surface area contributed by atoms with Crippen LogP contribution in [0.2, 0.25) is 0 Å². The van der Waals surface area contributed by atoms with E-state index in [1.807, 2.05) is 194 Å². The van der Waals surface area contributed by atoms with E-state index in [1.54, 1.807) is 0 Å². The Labute approximate surface area is 504 Å². The smallest absolute Gasteiger partial charge is 0.166 e. The summed E-state index contributed by atoms with van der Waals surface area (Å²) in [5, 5.41) is 43.8. The molecule has 0 aliphatic carbocycles. The van der Waals surface area contributed by atoms with Crippen molar-refractivity contribution in [3.05, 3.63) is 277 Å². The van der Waals surface area contributed by atoms with Crippen LogP contribution in [0.25, 0.3) is 146 Å². The SMILES string of the molecule is N#Cc1ccc2c(c1)c1cc(C#N)ccc1n2-c1cc(-c2cccc(-c3ccc(-n4c5ccc(C#N)cc5c5cc(C#N)ccc54)c(-c4nc(-c5ccccc5)nc(-c5ccccc5)n4)c3)c2)cc(-c2nc(-c3ccccc3)nc(-c3ccccc3)n2)c1. The second-order valence-electron chi connectivity index (χ2n) is 21.2. The first kappa shape index (κ1) is 51.8. The van der Waals surface area contributed by atoms with E-state index in [9.17, 15) is 21.0 Å². The molecule has 4 aromatic heterocycles. The van der Waals surface area contributed by atoms with Gasteiger partial charge in [-0.3, -0.25) is 0 Å². The van der Waals surface area contributed by atoms with Crippen molar-refractivity contribution >= 4 is 43.6 Å². The quantitative estimate of drug-likeness (QED) is 0.128. The van der Waals surface area contributed by atoms with Crippen LogP contribution in [0.1, 0.15) is 22.3 Å². The maximum atomic E-state index is 10.1. The molecule has 0 saturated heterocycles. The summed E-state index contributed by atoms with van der Waals surface area (Å²) in [4.78, 5) is 31.1. The lowest BCUT2D eigenvalue weighted by Gasteiger charge is -2.17. The molecule has 0 spiro atoms. The van der Waals surface area contributed by atoms with Gasteiger partial charge in [0.1, 0.15) is 0 Å². The summed E-state index contributed by atoms with van der Waals surface area (Å²) in [6.07, 6.45) is 0. The van der Waals surface area contributed by atoms with Gasteiger partial charge in [0.25, 0.3) is 0 Å². The number of nitriles is 4. The van der Waals surface area contributed by atoms with E-state index >= 15 is 0 Å². The van der Waals surface area contributed by atoms with Gasteiger partial charge >= 0.3 is 0 Å². The van der Waals surface area contributed by atoms with Crippen molar-refractivity contribution in [3.8, 4) is 126 Å². The van der Waals surface area contributed by atoms with Gasteiger partial charge < -0.3 is 9.13 Å². The number of hydrogen-bond donors (Lipinski definition) is 0. The maximum absolute atomic E-state index is 10.1. The summed E-state index contributed by atoms with van der Waals surface area (Å²) in [6, 6.07) is 92.5. The molecular formula is C76H42N12. The van der Waals surface area contributed by atoms with Crippen molar-refractivity contribution in [1.82, 2.24) is 39.0 Å². The van der Waals surface area contributed by atoms with Crippen LogP contribution in [0.15, 0.2) is 255 Å². The molecule has 0 radical (unpaired) electrons. The second-order valence-corrected chi connectivity index (χ2v) is 21.2. The molecule has 0 fully saturated rings. The van der Waals surface area contributed by atoms with Crippen molar-refractivity contribution in [2.24, 2.45) is 0 Å². The lowest BCUT2D eigenvalue weighted by atomic mass is 9.95. The predicted octanol–water partition coefficient (Wildman–Crippen LogP) is 17.1. The summed E-state index contributed by atoms with van der Waals surface area (Å²) >= 11 is 0. The number of hydrogen-bond acceptors (Lipinski definition) is 10. The van der Waals surface area contributed by atoms with E-state index in [-0.39, 0.29) is 0 Å². The van der Waals surface area contributed by atoms with Crippen LogP contribution in [0.3, 0.4) is 0 Å². The highest BCUT2D eigenvalue weighted by molar-refractivity contribution is 6.12. The Morgan fingerprint density at radius 1 is 0.239 bits per heavy atom. The van der Waals surface area contributed by atoms with E-state index in [4.69, 9.17) is 29.9 Å². The molecule has 88 heavy (non-hydrogen) atoms. The molecule has 15 aromatic rings. The minimum absolute atomic E-state index is 0.437. The van der Waals surface area contributed by atoms with E-state index < -0.39 is 0 Å². The number of fused-ring (bicyclic) bond motifs is 6. The molecule has 4 heterocycles. The summed E-state index contributed by atoms with van der Waals surface area (Å²) < 4.78 is 4.33. The van der Waals surface area contributed by atoms with Crippen molar-refractivity contribution in [2.45, 2.75) is 0 Å². The molecule has 0 amide bonds. The van der Waals surface area contributed by atoms with Gasteiger partial charge in [0.05, 0.1) is 74.3 Å². The van der Waals surface area contributed by atoms with Gasteiger partial charge in [0, 0.05) is 60.6 Å². The zero-order valence-electron chi connectivity index (χ0n) is 46.6. The first-order chi connectivity index (χ1) is 43.4. The van der Waals surface area contributed by atoms with Gasteiger partial charge in [0.2, 0.25) is 0 Å². The topological polar surface area (TPSA) is 182 Å². The average Bonchev–Trinajstić information content (AvgIpc) is 1.72. The van der Waals surface area contributed by atoms with Crippen LogP contribution in [0.5, 0.6) is 0 Å². The Morgan fingerprint density at radius 3 is 0.955 bits per heavy atom. The molecule has 0 aliphatic rings. The molecule has 12 nitrogen and oxygen atoms in total. The zero-order chi connectivity index (χ0) is 59.2. The van der Waals surface area contributed by atoms with E-state index in [1.165, 1.54) is 0 Å². The lowest BCUT2D eigenvalue weighted by molar-refractivity contribution is 1.06. The van der Waals surface area contributed by atoms with E-state index in [0.29, 0.717) is 62.8 Å². The summed E-state index contributed by atoms with van der Waals surface area (Å²) in [7, 11) is 0. The van der Waals surface area contributed by atoms with Gasteiger partial charge in [-0.25, -0.2) is 29.9 Å². The third kappa shape index (κ3) is 9.27. The van der Waals surface area contributed by atoms with Gasteiger partial charge in [-0.2, -0.15) is 21.0 Å². The fourth-order valence-corrected chi connectivity index (χ4v) is 11.7. The van der Waals surface area contributed by atoms with Crippen molar-refractivity contribution in [1.29, 1.82) is 21.0 Å². The molecule has 406 valence electrons. The van der Waals surface area contributed by atoms with Crippen LogP contribution >= 0.6 is 0 Å². The third-order valence-corrected chi connectivity index (χ3v) is 15.9. The first-order valence-electron chi connectivity index (χ1n) is 28.3. The maximum Gasteiger partial charge on any atom is 0.166 e. The monoisotopic (exact) mass is 1120 g/mol. The van der Waals surface area contributed by atoms with Gasteiger partial charge in [-0.1, -0.05) is 146 Å². The Balaban J connectivity index is 0.968. The standard InChI is InChI=1S/C76H42N12/c77-43-47-24-29-66-61(34-47)62-35-48(44-78)25-30-67(62)87(66)60-40-58(39-59(41-60)75-83-71(51-14-5-1-6-15-51)81-72(84-75)52-16-7-2-8-17-52)56-23-13-22-55(38-56)57-28-33-70(88-68-31-26-49(45-79)36-63(68)64-37-50(46-80)27-32-69(64)88)65(42-57)76-85-73(53-18-9-3-10-19-53)82-74(86-76)54-20-11-4-12-21-54/h1-42H. The molecule has 11 aromatic carbocycles. The van der Waals surface area contributed by atoms with Crippen LogP contribution in [0, 0.1) is 45.3 Å². The van der Waals surface area contributed by atoms with Crippen LogP contribution in [0.4, 0.5) is 0 Å². The number of benzene rings is 11. The molecule has 0 unspecified atom stereocenters. The highest BCUT2D eigenvalue weighted by atomic mass is 15.1. The van der Waals surface area contributed by atoms with Crippen molar-refractivity contribution < 1.29 is 0 Å². The van der Waals surface area contributed by atoms with Crippen molar-refractivity contribution in [3.63, 3.8) is 0 Å².